The Morgan fingerprint density at radius 1 is 0.913 bits per heavy atom. The van der Waals surface area contributed by atoms with E-state index in [0.717, 1.165) is 6.42 Å². The monoisotopic (exact) mass is 332 g/mol. The number of benzene rings is 1. The summed E-state index contributed by atoms with van der Waals surface area (Å²) in [4.78, 5) is 0. The SMILES string of the molecule is CC(C)(O[C@H]1C=C[C@@H](O[Si](C)(C)C(C)(C)C)C1)c1ccccc1. The molecule has 2 rings (SSSR count). The third kappa shape index (κ3) is 4.56. The van der Waals surface area contributed by atoms with Crippen LogP contribution in [0.4, 0.5) is 0 Å². The number of hydrogen-bond acceptors (Lipinski definition) is 2. The predicted molar refractivity (Wildman–Crippen MR) is 100 cm³/mol. The van der Waals surface area contributed by atoms with Crippen molar-refractivity contribution in [2.75, 3.05) is 0 Å². The predicted octanol–water partition coefficient (Wildman–Crippen LogP) is 5.66. The molecule has 0 fully saturated rings. The smallest absolute Gasteiger partial charge is 0.192 e. The van der Waals surface area contributed by atoms with Crippen molar-refractivity contribution in [3.05, 3.63) is 48.0 Å². The first-order valence-corrected chi connectivity index (χ1v) is 11.5. The molecule has 128 valence electrons. The van der Waals surface area contributed by atoms with Crippen LogP contribution in [0.2, 0.25) is 18.1 Å². The molecule has 0 aromatic heterocycles. The molecule has 23 heavy (non-hydrogen) atoms. The van der Waals surface area contributed by atoms with Gasteiger partial charge in [0.2, 0.25) is 0 Å². The molecule has 1 aromatic rings. The van der Waals surface area contributed by atoms with Crippen molar-refractivity contribution in [1.82, 2.24) is 0 Å². The van der Waals surface area contributed by atoms with Crippen LogP contribution in [0.3, 0.4) is 0 Å². The van der Waals surface area contributed by atoms with E-state index in [1.807, 2.05) is 6.07 Å². The molecule has 0 bridgehead atoms. The van der Waals surface area contributed by atoms with Gasteiger partial charge < -0.3 is 9.16 Å². The minimum atomic E-state index is -1.73. The van der Waals surface area contributed by atoms with E-state index in [1.165, 1.54) is 5.56 Å². The van der Waals surface area contributed by atoms with Gasteiger partial charge in [-0.15, -0.1) is 0 Å². The highest BCUT2D eigenvalue weighted by atomic mass is 28.4. The Morgan fingerprint density at radius 2 is 1.48 bits per heavy atom. The number of hydrogen-bond donors (Lipinski definition) is 0. The van der Waals surface area contributed by atoms with Gasteiger partial charge in [-0.3, -0.25) is 0 Å². The summed E-state index contributed by atoms with van der Waals surface area (Å²) in [6.07, 6.45) is 5.59. The van der Waals surface area contributed by atoms with E-state index in [0.29, 0.717) is 0 Å². The highest BCUT2D eigenvalue weighted by Crippen LogP contribution is 2.39. The molecule has 0 saturated heterocycles. The fraction of sp³-hybridized carbons (Fsp3) is 0.600. The Balaban J connectivity index is 1.95. The minimum Gasteiger partial charge on any atom is -0.410 e. The van der Waals surface area contributed by atoms with Crippen LogP contribution in [0.25, 0.3) is 0 Å². The molecule has 0 radical (unpaired) electrons. The molecular weight excluding hydrogens is 300 g/mol. The molecule has 1 aliphatic rings. The molecule has 0 aliphatic heterocycles. The third-order valence-corrected chi connectivity index (χ3v) is 9.68. The summed E-state index contributed by atoms with van der Waals surface area (Å²) < 4.78 is 12.8. The van der Waals surface area contributed by atoms with Gasteiger partial charge in [0, 0.05) is 6.42 Å². The first-order valence-electron chi connectivity index (χ1n) is 8.61. The fourth-order valence-corrected chi connectivity index (χ4v) is 3.94. The van der Waals surface area contributed by atoms with E-state index in [4.69, 9.17) is 9.16 Å². The highest BCUT2D eigenvalue weighted by Gasteiger charge is 2.40. The molecule has 2 atom stereocenters. The standard InChI is InChI=1S/C20H32O2Si/c1-19(2,3)23(6,7)22-18-14-13-17(15-18)21-20(4,5)16-11-9-8-10-12-16/h8-14,17-18H,15H2,1-7H3/t17-,18+/m0/s1. The van der Waals surface area contributed by atoms with Crippen LogP contribution < -0.4 is 0 Å². The summed E-state index contributed by atoms with van der Waals surface area (Å²) in [6.45, 7) is 15.7. The summed E-state index contributed by atoms with van der Waals surface area (Å²) in [5, 5.41) is 0.239. The first kappa shape index (κ1) is 18.4. The maximum absolute atomic E-state index is 6.49. The van der Waals surface area contributed by atoms with E-state index in [2.05, 4.69) is 84.1 Å². The summed E-state index contributed by atoms with van der Waals surface area (Å²) in [7, 11) is -1.73. The summed E-state index contributed by atoms with van der Waals surface area (Å²) in [5.74, 6) is 0. The Morgan fingerprint density at radius 3 is 2.04 bits per heavy atom. The molecule has 0 heterocycles. The number of ether oxygens (including phenoxy) is 1. The van der Waals surface area contributed by atoms with Gasteiger partial charge in [-0.05, 0) is 37.5 Å². The lowest BCUT2D eigenvalue weighted by Gasteiger charge is -2.38. The van der Waals surface area contributed by atoms with Crippen LogP contribution in [0, 0.1) is 0 Å². The molecule has 3 heteroatoms. The fourth-order valence-electron chi connectivity index (χ4n) is 2.65. The van der Waals surface area contributed by atoms with Gasteiger partial charge in [0.25, 0.3) is 0 Å². The van der Waals surface area contributed by atoms with Crippen molar-refractivity contribution in [2.45, 2.75) is 77.0 Å². The molecule has 0 spiro atoms. The van der Waals surface area contributed by atoms with Crippen LogP contribution in [-0.2, 0) is 14.8 Å². The van der Waals surface area contributed by atoms with Crippen LogP contribution in [-0.4, -0.2) is 20.5 Å². The molecule has 1 aromatic carbocycles. The molecular formula is C20H32O2Si. The van der Waals surface area contributed by atoms with Crippen LogP contribution in [0.1, 0.15) is 46.6 Å². The van der Waals surface area contributed by atoms with Gasteiger partial charge in [-0.1, -0.05) is 63.3 Å². The lowest BCUT2D eigenvalue weighted by atomic mass is 9.98. The Hall–Kier alpha value is -0.903. The summed E-state index contributed by atoms with van der Waals surface area (Å²) in [6, 6.07) is 10.4. The van der Waals surface area contributed by atoms with Crippen molar-refractivity contribution in [2.24, 2.45) is 0 Å². The van der Waals surface area contributed by atoms with Crippen LogP contribution >= 0.6 is 0 Å². The first-order chi connectivity index (χ1) is 10.5. The van der Waals surface area contributed by atoms with Crippen molar-refractivity contribution in [1.29, 1.82) is 0 Å². The third-order valence-electron chi connectivity index (χ3n) is 5.17. The summed E-state index contributed by atoms with van der Waals surface area (Å²) in [5.41, 5.74) is 0.921. The van der Waals surface area contributed by atoms with Crippen molar-refractivity contribution < 1.29 is 9.16 Å². The van der Waals surface area contributed by atoms with E-state index in [-0.39, 0.29) is 22.8 Å². The van der Waals surface area contributed by atoms with Crippen LogP contribution in [0.5, 0.6) is 0 Å². The molecule has 0 saturated carbocycles. The van der Waals surface area contributed by atoms with E-state index in [1.54, 1.807) is 0 Å². The number of rotatable bonds is 5. The van der Waals surface area contributed by atoms with Gasteiger partial charge >= 0.3 is 0 Å². The van der Waals surface area contributed by atoms with Crippen molar-refractivity contribution in [3.63, 3.8) is 0 Å². The highest BCUT2D eigenvalue weighted by molar-refractivity contribution is 6.74. The van der Waals surface area contributed by atoms with E-state index in [9.17, 15) is 0 Å². The molecule has 0 N–H and O–H groups in total. The molecule has 2 nitrogen and oxygen atoms in total. The van der Waals surface area contributed by atoms with Crippen molar-refractivity contribution >= 4 is 8.32 Å². The average molecular weight is 333 g/mol. The van der Waals surface area contributed by atoms with Gasteiger partial charge in [-0.2, -0.15) is 0 Å². The van der Waals surface area contributed by atoms with E-state index < -0.39 is 8.32 Å². The maximum Gasteiger partial charge on any atom is 0.192 e. The largest absolute Gasteiger partial charge is 0.410 e. The maximum atomic E-state index is 6.49. The lowest BCUT2D eigenvalue weighted by Crippen LogP contribution is -2.43. The lowest BCUT2D eigenvalue weighted by molar-refractivity contribution is -0.0610. The second kappa shape index (κ2) is 6.54. The zero-order chi connectivity index (χ0) is 17.3. The van der Waals surface area contributed by atoms with Gasteiger partial charge in [-0.25, -0.2) is 0 Å². The van der Waals surface area contributed by atoms with E-state index >= 15 is 0 Å². The Labute approximate surface area is 143 Å². The molecule has 0 amide bonds. The van der Waals surface area contributed by atoms with Crippen LogP contribution in [0.15, 0.2) is 42.5 Å². The normalized spacial score (nSPS) is 22.6. The molecule has 0 unspecified atom stereocenters. The zero-order valence-electron chi connectivity index (χ0n) is 15.7. The second-order valence-corrected chi connectivity index (χ2v) is 13.3. The van der Waals surface area contributed by atoms with Gasteiger partial charge in [0.1, 0.15) is 0 Å². The summed E-state index contributed by atoms with van der Waals surface area (Å²) >= 11 is 0. The second-order valence-electron chi connectivity index (χ2n) is 8.57. The van der Waals surface area contributed by atoms with Crippen molar-refractivity contribution in [3.8, 4) is 0 Å². The topological polar surface area (TPSA) is 18.5 Å². The van der Waals surface area contributed by atoms with Gasteiger partial charge in [0.05, 0.1) is 17.8 Å². The quantitative estimate of drug-likeness (QED) is 0.512. The Bertz CT molecular complexity index is 541. The Kier molecular flexibility index (Phi) is 5.24. The minimum absolute atomic E-state index is 0.125. The average Bonchev–Trinajstić information content (AvgIpc) is 2.84. The molecule has 1 aliphatic carbocycles. The van der Waals surface area contributed by atoms with Gasteiger partial charge in [0.15, 0.2) is 8.32 Å². The zero-order valence-corrected chi connectivity index (χ0v) is 16.7.